The van der Waals surface area contributed by atoms with E-state index in [0.717, 1.165) is 12.8 Å². The van der Waals surface area contributed by atoms with Gasteiger partial charge in [0.05, 0.1) is 18.8 Å². The molecule has 0 radical (unpaired) electrons. The molecule has 6 nitrogen and oxygen atoms in total. The van der Waals surface area contributed by atoms with Gasteiger partial charge in [-0.05, 0) is 39.5 Å². The summed E-state index contributed by atoms with van der Waals surface area (Å²) in [5.74, 6) is 0.640. The highest BCUT2D eigenvalue weighted by Gasteiger charge is 2.53. The number of hydrogen-bond acceptors (Lipinski definition) is 5. The predicted octanol–water partition coefficient (Wildman–Crippen LogP) is 1.62. The lowest BCUT2D eigenvalue weighted by Gasteiger charge is -2.38. The molecule has 0 aromatic heterocycles. The molecule has 0 bridgehead atoms. The first-order chi connectivity index (χ1) is 11.3. The SMILES string of the molecule is CCC(C)(CC)[NH+]([O-])OC1COC2C(OC(C)(C)C3CC3)COC12. The molecule has 5 atom stereocenters. The minimum Gasteiger partial charge on any atom is -0.599 e. The first kappa shape index (κ1) is 18.5. The monoisotopic (exact) mass is 343 g/mol. The zero-order valence-electron chi connectivity index (χ0n) is 15.7. The van der Waals surface area contributed by atoms with E-state index >= 15 is 0 Å². The summed E-state index contributed by atoms with van der Waals surface area (Å²) in [4.78, 5) is 5.77. The molecule has 2 saturated heterocycles. The van der Waals surface area contributed by atoms with Crippen molar-refractivity contribution in [3.8, 4) is 0 Å². The summed E-state index contributed by atoms with van der Waals surface area (Å²) in [6, 6.07) is 0. The molecule has 0 aromatic rings. The average Bonchev–Trinajstić information content (AvgIpc) is 3.25. The van der Waals surface area contributed by atoms with Crippen molar-refractivity contribution < 1.29 is 24.3 Å². The Kier molecular flexibility index (Phi) is 5.27. The van der Waals surface area contributed by atoms with Crippen LogP contribution in [0.1, 0.15) is 60.3 Å². The summed E-state index contributed by atoms with van der Waals surface area (Å²) < 4.78 is 18.1. The van der Waals surface area contributed by atoms with Crippen LogP contribution in [0.5, 0.6) is 0 Å². The Morgan fingerprint density at radius 3 is 2.08 bits per heavy atom. The fourth-order valence-corrected chi connectivity index (χ4v) is 3.71. The van der Waals surface area contributed by atoms with E-state index in [9.17, 15) is 5.21 Å². The molecule has 2 heterocycles. The van der Waals surface area contributed by atoms with Crippen molar-refractivity contribution in [1.82, 2.24) is 0 Å². The first-order valence-corrected chi connectivity index (χ1v) is 9.43. The zero-order valence-corrected chi connectivity index (χ0v) is 15.7. The van der Waals surface area contributed by atoms with Gasteiger partial charge in [0.15, 0.2) is 6.10 Å². The molecular weight excluding hydrogens is 310 g/mol. The highest BCUT2D eigenvalue weighted by atomic mass is 16.9. The van der Waals surface area contributed by atoms with Gasteiger partial charge in [-0.25, -0.2) is 5.23 Å². The van der Waals surface area contributed by atoms with Crippen molar-refractivity contribution in [3.63, 3.8) is 0 Å². The standard InChI is InChI=1S/C18H33NO5/c1-6-18(5,7-2)19(20)24-14-11-22-15-13(10-21-16(14)15)23-17(3,4)12-8-9-12/h12-16,19H,6-11H2,1-5H3. The molecule has 3 aliphatic rings. The molecule has 140 valence electrons. The van der Waals surface area contributed by atoms with Gasteiger partial charge in [-0.1, -0.05) is 13.8 Å². The second-order valence-corrected chi connectivity index (χ2v) is 8.34. The van der Waals surface area contributed by atoms with Crippen LogP contribution in [0.3, 0.4) is 0 Å². The lowest BCUT2D eigenvalue weighted by Crippen LogP contribution is -3.15. The van der Waals surface area contributed by atoms with Crippen LogP contribution >= 0.6 is 0 Å². The Hall–Kier alpha value is -0.240. The minimum absolute atomic E-state index is 0.0713. The summed E-state index contributed by atoms with van der Waals surface area (Å²) in [6.07, 6.45) is 3.29. The summed E-state index contributed by atoms with van der Waals surface area (Å²) >= 11 is 0. The third-order valence-corrected chi connectivity index (χ3v) is 6.29. The van der Waals surface area contributed by atoms with E-state index in [1.54, 1.807) is 0 Å². The third-order valence-electron chi connectivity index (χ3n) is 6.29. The summed E-state index contributed by atoms with van der Waals surface area (Å²) in [5.41, 5.74) is -0.565. The fraction of sp³-hybridized carbons (Fsp3) is 1.00. The minimum atomic E-state index is -0.430. The van der Waals surface area contributed by atoms with Crippen molar-refractivity contribution in [1.29, 1.82) is 0 Å². The number of hydroxylamine groups is 2. The molecule has 1 saturated carbocycles. The van der Waals surface area contributed by atoms with Gasteiger partial charge in [0.2, 0.25) is 0 Å². The molecule has 24 heavy (non-hydrogen) atoms. The van der Waals surface area contributed by atoms with Crippen LogP contribution in [-0.4, -0.2) is 48.8 Å². The molecule has 3 rings (SSSR count). The maximum Gasteiger partial charge on any atom is 0.169 e. The number of rotatable bonds is 8. The Bertz CT molecular complexity index is 435. The number of quaternary nitrogens is 1. The van der Waals surface area contributed by atoms with Crippen molar-refractivity contribution in [2.24, 2.45) is 5.92 Å². The van der Waals surface area contributed by atoms with E-state index in [2.05, 4.69) is 13.8 Å². The summed E-state index contributed by atoms with van der Waals surface area (Å²) in [7, 11) is 0. The third kappa shape index (κ3) is 3.50. The van der Waals surface area contributed by atoms with E-state index in [1.807, 2.05) is 20.8 Å². The summed E-state index contributed by atoms with van der Waals surface area (Å²) in [5, 5.41) is 12.4. The number of fused-ring (bicyclic) bond motifs is 1. The quantitative estimate of drug-likeness (QED) is 0.679. The molecule has 1 N–H and O–H groups in total. The van der Waals surface area contributed by atoms with E-state index < -0.39 is 5.54 Å². The highest BCUT2D eigenvalue weighted by molar-refractivity contribution is 4.98. The second-order valence-electron chi connectivity index (χ2n) is 8.34. The molecular formula is C18H33NO5. The molecule has 2 aliphatic heterocycles. The number of hydrogen-bond donors (Lipinski definition) is 1. The van der Waals surface area contributed by atoms with Crippen molar-refractivity contribution in [3.05, 3.63) is 5.21 Å². The fourth-order valence-electron chi connectivity index (χ4n) is 3.71. The molecule has 6 heteroatoms. The lowest BCUT2D eigenvalue weighted by molar-refractivity contribution is -1.10. The number of ether oxygens (including phenoxy) is 3. The van der Waals surface area contributed by atoms with Crippen LogP contribution in [0.4, 0.5) is 0 Å². The normalized spacial score (nSPS) is 35.2. The van der Waals surface area contributed by atoms with Crippen molar-refractivity contribution in [2.75, 3.05) is 13.2 Å². The Morgan fingerprint density at radius 1 is 1.00 bits per heavy atom. The Morgan fingerprint density at radius 2 is 1.54 bits per heavy atom. The second kappa shape index (κ2) is 6.82. The van der Waals surface area contributed by atoms with Crippen LogP contribution in [0.2, 0.25) is 0 Å². The van der Waals surface area contributed by atoms with Crippen LogP contribution in [-0.2, 0) is 19.0 Å². The average molecular weight is 343 g/mol. The van der Waals surface area contributed by atoms with Crippen molar-refractivity contribution in [2.45, 2.75) is 95.9 Å². The predicted molar refractivity (Wildman–Crippen MR) is 89.3 cm³/mol. The van der Waals surface area contributed by atoms with Gasteiger partial charge < -0.3 is 19.4 Å². The molecule has 3 fully saturated rings. The van der Waals surface area contributed by atoms with Gasteiger partial charge in [0.25, 0.3) is 0 Å². The molecule has 0 amide bonds. The molecule has 0 spiro atoms. The highest BCUT2D eigenvalue weighted by Crippen LogP contribution is 2.43. The van der Waals surface area contributed by atoms with Gasteiger partial charge in [-0.2, -0.15) is 4.84 Å². The molecule has 0 aromatic carbocycles. The largest absolute Gasteiger partial charge is 0.599 e. The van der Waals surface area contributed by atoms with Crippen LogP contribution in [0, 0.1) is 11.1 Å². The van der Waals surface area contributed by atoms with Crippen molar-refractivity contribution >= 4 is 0 Å². The van der Waals surface area contributed by atoms with Gasteiger partial charge in [0, 0.05) is 12.8 Å². The van der Waals surface area contributed by atoms with Crippen LogP contribution in [0.15, 0.2) is 0 Å². The zero-order chi connectivity index (χ0) is 17.5. The van der Waals surface area contributed by atoms with Gasteiger partial charge >= 0.3 is 0 Å². The van der Waals surface area contributed by atoms with E-state index in [4.69, 9.17) is 19.0 Å². The van der Waals surface area contributed by atoms with Gasteiger partial charge in [0.1, 0.15) is 23.9 Å². The van der Waals surface area contributed by atoms with Crippen LogP contribution in [0.25, 0.3) is 0 Å². The smallest absolute Gasteiger partial charge is 0.169 e. The molecule has 1 aliphatic carbocycles. The summed E-state index contributed by atoms with van der Waals surface area (Å²) in [6.45, 7) is 11.2. The van der Waals surface area contributed by atoms with E-state index in [1.165, 1.54) is 12.8 Å². The van der Waals surface area contributed by atoms with Gasteiger partial charge in [-0.15, -0.1) is 0 Å². The van der Waals surface area contributed by atoms with E-state index in [0.29, 0.717) is 19.1 Å². The lowest BCUT2D eigenvalue weighted by atomic mass is 9.97. The van der Waals surface area contributed by atoms with Crippen LogP contribution < -0.4 is 5.23 Å². The topological polar surface area (TPSA) is 64.4 Å². The van der Waals surface area contributed by atoms with Gasteiger partial charge in [-0.3, -0.25) is 0 Å². The maximum atomic E-state index is 12.5. The Labute approximate surface area is 145 Å². The molecule has 5 unspecified atom stereocenters. The Balaban J connectivity index is 1.57. The first-order valence-electron chi connectivity index (χ1n) is 9.43. The maximum absolute atomic E-state index is 12.5. The number of nitrogens with one attached hydrogen (secondary N) is 1. The van der Waals surface area contributed by atoms with E-state index in [-0.39, 0.29) is 35.2 Å².